The Bertz CT molecular complexity index is 1100. The van der Waals surface area contributed by atoms with E-state index in [1.54, 1.807) is 19.9 Å². The van der Waals surface area contributed by atoms with Crippen LogP contribution in [0.2, 0.25) is 0 Å². The lowest BCUT2D eigenvalue weighted by molar-refractivity contribution is -0.171. The summed E-state index contributed by atoms with van der Waals surface area (Å²) in [6.45, 7) is 12.0. The lowest BCUT2D eigenvalue weighted by Gasteiger charge is -2.51. The van der Waals surface area contributed by atoms with E-state index in [0.717, 1.165) is 0 Å². The number of aliphatic hydroxyl groups excluding tert-OH is 1. The highest BCUT2D eigenvalue weighted by Gasteiger charge is 2.58. The van der Waals surface area contributed by atoms with E-state index < -0.39 is 76.9 Å². The smallest absolute Gasteiger partial charge is 0.303 e. The topological polar surface area (TPSA) is 143 Å². The average Bonchev–Trinajstić information content (AvgIpc) is 2.75. The van der Waals surface area contributed by atoms with Crippen LogP contribution >= 0.6 is 0 Å². The van der Waals surface area contributed by atoms with E-state index in [2.05, 4.69) is 0 Å². The van der Waals surface area contributed by atoms with Gasteiger partial charge in [0, 0.05) is 40.0 Å². The molecular weight excluding hydrogens is 496 g/mol. The van der Waals surface area contributed by atoms with Crippen LogP contribution in [0.3, 0.4) is 0 Å². The van der Waals surface area contributed by atoms with E-state index in [1.165, 1.54) is 27.7 Å². The van der Waals surface area contributed by atoms with Crippen LogP contribution in [-0.2, 0) is 42.9 Å². The molecule has 1 N–H and O–H groups in total. The molecule has 0 aliphatic heterocycles. The Kier molecular flexibility index (Phi) is 8.27. The minimum absolute atomic E-state index is 0.00662. The maximum absolute atomic E-state index is 14.4. The third-order valence-corrected chi connectivity index (χ3v) is 8.18. The predicted octanol–water partition coefficient (Wildman–Crippen LogP) is 2.75. The molecule has 0 saturated heterocycles. The van der Waals surface area contributed by atoms with Crippen LogP contribution in [0.4, 0.5) is 0 Å². The standard InChI is InChI=1S/C28H38O10/c1-13-21(35-14(2)29)10-19-22(36-15(3)30)9-18-12-28(8,23(11-20(18)33)37-16(4)31)26(34)25(38-17(5)32)24(13)27(19,6)7/h9,19-23,25,33H,10-12H2,1-8H3/b18-9+/t19-,20-,21-,22+,23-,25-,28-/m0/s1. The summed E-state index contributed by atoms with van der Waals surface area (Å²) < 4.78 is 22.7. The second-order valence-corrected chi connectivity index (χ2v) is 11.4. The fourth-order valence-corrected chi connectivity index (χ4v) is 6.42. The molecule has 38 heavy (non-hydrogen) atoms. The first-order valence-corrected chi connectivity index (χ1v) is 12.8. The summed E-state index contributed by atoms with van der Waals surface area (Å²) in [4.78, 5) is 63.0. The maximum Gasteiger partial charge on any atom is 0.303 e. The monoisotopic (exact) mass is 534 g/mol. The molecule has 0 aromatic rings. The van der Waals surface area contributed by atoms with Crippen molar-refractivity contribution in [2.24, 2.45) is 16.7 Å². The zero-order chi connectivity index (χ0) is 28.7. The van der Waals surface area contributed by atoms with Gasteiger partial charge in [-0.25, -0.2) is 0 Å². The van der Waals surface area contributed by atoms with Crippen molar-refractivity contribution in [2.75, 3.05) is 0 Å². The number of esters is 4. The molecule has 0 aromatic carbocycles. The van der Waals surface area contributed by atoms with Crippen molar-refractivity contribution in [1.29, 1.82) is 0 Å². The first-order chi connectivity index (χ1) is 17.5. The normalized spacial score (nSPS) is 35.8. The van der Waals surface area contributed by atoms with E-state index in [-0.39, 0.29) is 19.3 Å². The van der Waals surface area contributed by atoms with Crippen LogP contribution in [0.15, 0.2) is 22.8 Å². The van der Waals surface area contributed by atoms with Gasteiger partial charge in [0.25, 0.3) is 0 Å². The maximum atomic E-state index is 14.4. The Morgan fingerprint density at radius 3 is 1.95 bits per heavy atom. The van der Waals surface area contributed by atoms with Gasteiger partial charge < -0.3 is 24.1 Å². The number of aliphatic hydroxyl groups is 1. The number of rotatable bonds is 4. The van der Waals surface area contributed by atoms with Crippen LogP contribution in [0.25, 0.3) is 0 Å². The summed E-state index contributed by atoms with van der Waals surface area (Å²) in [7, 11) is 0. The van der Waals surface area contributed by atoms with Gasteiger partial charge in [0.1, 0.15) is 18.3 Å². The molecule has 3 aliphatic rings. The molecule has 10 nitrogen and oxygen atoms in total. The molecule has 4 bridgehead atoms. The van der Waals surface area contributed by atoms with Gasteiger partial charge in [0.05, 0.1) is 11.5 Å². The quantitative estimate of drug-likeness (QED) is 0.325. The molecule has 0 amide bonds. The van der Waals surface area contributed by atoms with Gasteiger partial charge >= 0.3 is 23.9 Å². The van der Waals surface area contributed by atoms with Crippen molar-refractivity contribution in [3.63, 3.8) is 0 Å². The molecule has 0 spiro atoms. The molecule has 0 aromatic heterocycles. The van der Waals surface area contributed by atoms with E-state index in [4.69, 9.17) is 18.9 Å². The summed E-state index contributed by atoms with van der Waals surface area (Å²) in [6, 6.07) is 0. The summed E-state index contributed by atoms with van der Waals surface area (Å²) in [5, 5.41) is 11.0. The van der Waals surface area contributed by atoms with Crippen LogP contribution in [-0.4, -0.2) is 65.3 Å². The number of carbonyl (C=O) groups excluding carboxylic acids is 5. The zero-order valence-corrected chi connectivity index (χ0v) is 23.3. The Labute approximate surface area is 222 Å². The second-order valence-electron chi connectivity index (χ2n) is 11.4. The lowest BCUT2D eigenvalue weighted by Crippen LogP contribution is -2.57. The Morgan fingerprint density at radius 2 is 1.42 bits per heavy atom. The molecule has 1 saturated carbocycles. The molecule has 210 valence electrons. The molecule has 0 heterocycles. The van der Waals surface area contributed by atoms with Crippen LogP contribution in [0, 0.1) is 16.7 Å². The fourth-order valence-electron chi connectivity index (χ4n) is 6.42. The molecular formula is C28H38O10. The first kappa shape index (κ1) is 29.5. The molecule has 10 heteroatoms. The van der Waals surface area contributed by atoms with Gasteiger partial charge in [0.15, 0.2) is 11.9 Å². The Hall–Kier alpha value is -3.01. The van der Waals surface area contributed by atoms with Crippen molar-refractivity contribution in [3.05, 3.63) is 22.8 Å². The molecule has 0 unspecified atom stereocenters. The Morgan fingerprint density at radius 1 is 0.868 bits per heavy atom. The van der Waals surface area contributed by atoms with Crippen molar-refractivity contribution in [3.8, 4) is 0 Å². The van der Waals surface area contributed by atoms with Gasteiger partial charge in [0.2, 0.25) is 0 Å². The molecule has 0 radical (unpaired) electrons. The van der Waals surface area contributed by atoms with E-state index in [9.17, 15) is 29.1 Å². The number of carbonyl (C=O) groups is 5. The largest absolute Gasteiger partial charge is 0.461 e. The van der Waals surface area contributed by atoms with Crippen molar-refractivity contribution < 1.29 is 48.0 Å². The average molecular weight is 535 g/mol. The van der Waals surface area contributed by atoms with Gasteiger partial charge in [-0.1, -0.05) is 13.8 Å². The summed E-state index contributed by atoms with van der Waals surface area (Å²) in [5.74, 6) is -3.39. The van der Waals surface area contributed by atoms with Crippen molar-refractivity contribution in [1.82, 2.24) is 0 Å². The highest BCUT2D eigenvalue weighted by Crippen LogP contribution is 2.53. The minimum Gasteiger partial charge on any atom is -0.461 e. The number of fused-ring (bicyclic) bond motifs is 4. The predicted molar refractivity (Wildman–Crippen MR) is 133 cm³/mol. The molecule has 7 atom stereocenters. The number of hydrogen-bond acceptors (Lipinski definition) is 10. The molecule has 3 rings (SSSR count). The molecule has 3 aliphatic carbocycles. The molecule has 1 fully saturated rings. The summed E-state index contributed by atoms with van der Waals surface area (Å²) in [6.07, 6.45) is -3.22. The third-order valence-electron chi connectivity index (χ3n) is 8.18. The van der Waals surface area contributed by atoms with E-state index in [0.29, 0.717) is 16.7 Å². The van der Waals surface area contributed by atoms with Crippen molar-refractivity contribution in [2.45, 2.75) is 105 Å². The third kappa shape index (κ3) is 5.55. The summed E-state index contributed by atoms with van der Waals surface area (Å²) in [5.41, 5.74) is -0.814. The van der Waals surface area contributed by atoms with E-state index in [1.807, 2.05) is 13.8 Å². The fraction of sp³-hybridized carbons (Fsp3) is 0.679. The highest BCUT2D eigenvalue weighted by molar-refractivity contribution is 5.94. The SMILES string of the molecule is CC(=O)O[C@@H]1C(=O)[C@@]2(C)C/C(=C\[C@@H](OC(C)=O)[C@@H]3C[C@H](OC(C)=O)C(C)=C1C3(C)C)[C@@H](O)C[C@@H]2OC(C)=O. The summed E-state index contributed by atoms with van der Waals surface area (Å²) >= 11 is 0. The van der Waals surface area contributed by atoms with Crippen molar-refractivity contribution >= 4 is 29.7 Å². The van der Waals surface area contributed by atoms with Gasteiger partial charge in [-0.15, -0.1) is 0 Å². The van der Waals surface area contributed by atoms with E-state index >= 15 is 0 Å². The lowest BCUT2D eigenvalue weighted by atomic mass is 9.57. The second kappa shape index (κ2) is 10.6. The number of hydrogen-bond donors (Lipinski definition) is 1. The zero-order valence-electron chi connectivity index (χ0n) is 23.3. The number of ketones is 1. The van der Waals surface area contributed by atoms with Gasteiger partial charge in [-0.05, 0) is 54.9 Å². The Balaban J connectivity index is 2.38. The van der Waals surface area contributed by atoms with Gasteiger partial charge in [-0.2, -0.15) is 0 Å². The number of ether oxygens (including phenoxy) is 4. The highest BCUT2D eigenvalue weighted by atomic mass is 16.6. The van der Waals surface area contributed by atoms with Crippen LogP contribution < -0.4 is 0 Å². The number of Topliss-reactive ketones (excluding diaryl/α,β-unsaturated/α-hetero) is 1. The van der Waals surface area contributed by atoms with Gasteiger partial charge in [-0.3, -0.25) is 24.0 Å². The van der Waals surface area contributed by atoms with Crippen LogP contribution in [0.5, 0.6) is 0 Å². The minimum atomic E-state index is -1.39. The first-order valence-electron chi connectivity index (χ1n) is 12.8. The van der Waals surface area contributed by atoms with Crippen LogP contribution in [0.1, 0.15) is 74.7 Å².